The second-order valence-corrected chi connectivity index (χ2v) is 6.18. The first-order valence-corrected chi connectivity index (χ1v) is 8.36. The smallest absolute Gasteiger partial charge is 0.253 e. The molecule has 0 spiro atoms. The van der Waals surface area contributed by atoms with Gasteiger partial charge in [-0.25, -0.2) is 0 Å². The summed E-state index contributed by atoms with van der Waals surface area (Å²) >= 11 is 1.78. The molecule has 23 heavy (non-hydrogen) atoms. The predicted molar refractivity (Wildman–Crippen MR) is 101 cm³/mol. The summed E-state index contributed by atoms with van der Waals surface area (Å²) in [5.41, 5.74) is 2.04. The Morgan fingerprint density at radius 1 is 1.09 bits per heavy atom. The van der Waals surface area contributed by atoms with Crippen LogP contribution in [0.5, 0.6) is 0 Å². The monoisotopic (exact) mass is 350 g/mol. The van der Waals surface area contributed by atoms with Gasteiger partial charge in [0.05, 0.1) is 0 Å². The number of thioether (sulfide) groups is 1. The molecule has 0 bridgehead atoms. The Hall–Kier alpha value is -1.49. The van der Waals surface area contributed by atoms with Gasteiger partial charge in [0.2, 0.25) is 0 Å². The molecular formula is C18H23ClN2OS. The van der Waals surface area contributed by atoms with E-state index in [0.29, 0.717) is 6.54 Å². The Balaban J connectivity index is 0.00000264. The molecule has 1 amide bonds. The highest BCUT2D eigenvalue weighted by molar-refractivity contribution is 7.98. The average Bonchev–Trinajstić information content (AvgIpc) is 2.58. The molecule has 3 nitrogen and oxygen atoms in total. The van der Waals surface area contributed by atoms with Crippen LogP contribution in [-0.2, 0) is 5.75 Å². The lowest BCUT2D eigenvalue weighted by atomic mass is 10.2. The zero-order chi connectivity index (χ0) is 15.8. The van der Waals surface area contributed by atoms with Crippen molar-refractivity contribution in [2.45, 2.75) is 10.6 Å². The Morgan fingerprint density at radius 2 is 1.74 bits per heavy atom. The maximum absolute atomic E-state index is 12.2. The van der Waals surface area contributed by atoms with Gasteiger partial charge in [-0.15, -0.1) is 24.2 Å². The highest BCUT2D eigenvalue weighted by Gasteiger charge is 2.10. The van der Waals surface area contributed by atoms with Gasteiger partial charge in [-0.1, -0.05) is 30.3 Å². The summed E-state index contributed by atoms with van der Waals surface area (Å²) in [5.74, 6) is 1.01. The minimum Gasteiger partial charge on any atom is -0.340 e. The topological polar surface area (TPSA) is 32.3 Å². The zero-order valence-electron chi connectivity index (χ0n) is 13.5. The van der Waals surface area contributed by atoms with Crippen molar-refractivity contribution in [3.8, 4) is 0 Å². The van der Waals surface area contributed by atoms with Crippen molar-refractivity contribution < 1.29 is 4.79 Å². The molecule has 0 fully saturated rings. The fourth-order valence-corrected chi connectivity index (χ4v) is 2.89. The summed E-state index contributed by atoms with van der Waals surface area (Å²) in [6.45, 7) is 1.51. The number of hydrogen-bond donors (Lipinski definition) is 1. The largest absolute Gasteiger partial charge is 0.340 e. The second kappa shape index (κ2) is 10.3. The quantitative estimate of drug-likeness (QED) is 0.773. The molecule has 0 saturated heterocycles. The molecule has 0 aliphatic rings. The molecule has 0 aromatic heterocycles. The van der Waals surface area contributed by atoms with E-state index in [1.54, 1.807) is 16.7 Å². The van der Waals surface area contributed by atoms with Gasteiger partial charge in [0.1, 0.15) is 0 Å². The molecule has 0 radical (unpaired) electrons. The third-order valence-corrected chi connectivity index (χ3v) is 4.48. The first-order chi connectivity index (χ1) is 10.7. The number of nitrogens with one attached hydrogen (secondary N) is 1. The van der Waals surface area contributed by atoms with Gasteiger partial charge in [0, 0.05) is 36.3 Å². The Morgan fingerprint density at radius 3 is 2.35 bits per heavy atom. The third kappa shape index (κ3) is 6.26. The van der Waals surface area contributed by atoms with Crippen LogP contribution in [0, 0.1) is 0 Å². The normalized spacial score (nSPS) is 10.0. The number of benzene rings is 2. The van der Waals surface area contributed by atoms with Crippen LogP contribution >= 0.6 is 24.2 Å². The van der Waals surface area contributed by atoms with Gasteiger partial charge < -0.3 is 10.2 Å². The van der Waals surface area contributed by atoms with Gasteiger partial charge in [0.15, 0.2) is 0 Å². The van der Waals surface area contributed by atoms with Crippen molar-refractivity contribution in [3.63, 3.8) is 0 Å². The number of carbonyl (C=O) groups excluding carboxylic acids is 1. The summed E-state index contributed by atoms with van der Waals surface area (Å²) in [5, 5.41) is 3.05. The maximum Gasteiger partial charge on any atom is 0.253 e. The van der Waals surface area contributed by atoms with Crippen molar-refractivity contribution in [2.24, 2.45) is 0 Å². The highest BCUT2D eigenvalue weighted by Crippen LogP contribution is 2.23. The van der Waals surface area contributed by atoms with Crippen LogP contribution in [0.15, 0.2) is 59.5 Å². The maximum atomic E-state index is 12.2. The number of carbonyl (C=O) groups is 1. The molecule has 0 heterocycles. The van der Waals surface area contributed by atoms with E-state index in [1.165, 1.54) is 10.5 Å². The van der Waals surface area contributed by atoms with Crippen molar-refractivity contribution >= 4 is 30.1 Å². The van der Waals surface area contributed by atoms with Crippen LogP contribution in [-0.4, -0.2) is 38.0 Å². The summed E-state index contributed by atoms with van der Waals surface area (Å²) in [7, 11) is 3.72. The first-order valence-electron chi connectivity index (χ1n) is 7.37. The van der Waals surface area contributed by atoms with Gasteiger partial charge >= 0.3 is 0 Å². The lowest BCUT2D eigenvalue weighted by Gasteiger charge is -2.17. The summed E-state index contributed by atoms with van der Waals surface area (Å²) in [6, 6.07) is 18.2. The van der Waals surface area contributed by atoms with Crippen LogP contribution in [0.3, 0.4) is 0 Å². The second-order valence-electron chi connectivity index (χ2n) is 5.13. The molecule has 1 N–H and O–H groups in total. The lowest BCUT2D eigenvalue weighted by molar-refractivity contribution is 0.0797. The number of halogens is 1. The molecule has 0 aliphatic carbocycles. The number of nitrogens with zero attached hydrogens (tertiary/aromatic N) is 1. The molecule has 0 atom stereocenters. The fourth-order valence-electron chi connectivity index (χ4n) is 2.04. The van der Waals surface area contributed by atoms with Crippen LogP contribution in [0.2, 0.25) is 0 Å². The van der Waals surface area contributed by atoms with Crippen molar-refractivity contribution in [2.75, 3.05) is 27.2 Å². The average molecular weight is 351 g/mol. The van der Waals surface area contributed by atoms with Crippen LogP contribution in [0.4, 0.5) is 0 Å². The molecule has 5 heteroatoms. The van der Waals surface area contributed by atoms with E-state index in [9.17, 15) is 4.79 Å². The van der Waals surface area contributed by atoms with E-state index in [4.69, 9.17) is 0 Å². The Kier molecular flexibility index (Phi) is 8.77. The fraction of sp³-hybridized carbons (Fsp3) is 0.278. The van der Waals surface area contributed by atoms with Crippen molar-refractivity contribution in [1.82, 2.24) is 10.2 Å². The molecule has 2 rings (SSSR count). The molecule has 2 aromatic carbocycles. The van der Waals surface area contributed by atoms with E-state index in [0.717, 1.165) is 17.9 Å². The predicted octanol–water partition coefficient (Wildman–Crippen LogP) is 3.69. The van der Waals surface area contributed by atoms with Gasteiger partial charge in [0.25, 0.3) is 5.91 Å². The molecule has 124 valence electrons. The first kappa shape index (κ1) is 19.6. The van der Waals surface area contributed by atoms with Crippen molar-refractivity contribution in [1.29, 1.82) is 0 Å². The summed E-state index contributed by atoms with van der Waals surface area (Å²) in [4.78, 5) is 15.2. The zero-order valence-corrected chi connectivity index (χ0v) is 15.1. The number of hydrogen-bond acceptors (Lipinski definition) is 3. The van der Waals surface area contributed by atoms with Crippen LogP contribution in [0.1, 0.15) is 15.9 Å². The van der Waals surface area contributed by atoms with Crippen LogP contribution < -0.4 is 5.32 Å². The Labute approximate surface area is 148 Å². The molecule has 2 aromatic rings. The number of amides is 1. The lowest BCUT2D eigenvalue weighted by Crippen LogP contribution is -2.32. The summed E-state index contributed by atoms with van der Waals surface area (Å²) in [6.07, 6.45) is 0. The molecular weight excluding hydrogens is 328 g/mol. The van der Waals surface area contributed by atoms with E-state index in [-0.39, 0.29) is 18.3 Å². The SMILES string of the molecule is CNCCN(C)C(=O)c1ccc(SCc2ccccc2)cc1.Cl. The minimum atomic E-state index is 0. The number of rotatable bonds is 7. The Bertz CT molecular complexity index is 590. The molecule has 0 unspecified atom stereocenters. The number of likely N-dealkylation sites (N-methyl/N-ethyl adjacent to an activating group) is 2. The van der Waals surface area contributed by atoms with Gasteiger partial charge in [-0.2, -0.15) is 0 Å². The van der Waals surface area contributed by atoms with E-state index < -0.39 is 0 Å². The van der Waals surface area contributed by atoms with Crippen molar-refractivity contribution in [3.05, 3.63) is 65.7 Å². The highest BCUT2D eigenvalue weighted by atomic mass is 35.5. The minimum absolute atomic E-state index is 0. The van der Waals surface area contributed by atoms with Gasteiger partial charge in [-0.3, -0.25) is 4.79 Å². The van der Waals surface area contributed by atoms with E-state index in [2.05, 4.69) is 29.6 Å². The molecule has 0 aliphatic heterocycles. The molecule has 0 saturated carbocycles. The third-order valence-electron chi connectivity index (χ3n) is 3.39. The van der Waals surface area contributed by atoms with E-state index >= 15 is 0 Å². The van der Waals surface area contributed by atoms with Gasteiger partial charge in [-0.05, 0) is 36.9 Å². The summed E-state index contributed by atoms with van der Waals surface area (Å²) < 4.78 is 0. The standard InChI is InChI=1S/C18H22N2OS.ClH/c1-19-12-13-20(2)18(21)16-8-10-17(11-9-16)22-14-15-6-4-3-5-7-15;/h3-11,19H,12-14H2,1-2H3;1H. The van der Waals surface area contributed by atoms with Crippen LogP contribution in [0.25, 0.3) is 0 Å². The van der Waals surface area contributed by atoms with E-state index in [1.807, 2.05) is 44.4 Å².